The molecule has 2 aromatic rings. The van der Waals surface area contributed by atoms with Crippen LogP contribution in [0.4, 0.5) is 0 Å². The summed E-state index contributed by atoms with van der Waals surface area (Å²) in [6.07, 6.45) is 3.30. The van der Waals surface area contributed by atoms with Gasteiger partial charge in [0.15, 0.2) is 11.5 Å². The quantitative estimate of drug-likeness (QED) is 0.511. The van der Waals surface area contributed by atoms with Gasteiger partial charge in [-0.3, -0.25) is 14.4 Å². The Morgan fingerprint density at radius 3 is 2.58 bits per heavy atom. The average Bonchev–Trinajstić information content (AvgIpc) is 3.24. The normalized spacial score (nSPS) is 13.4. The number of amides is 2. The van der Waals surface area contributed by atoms with Crippen molar-refractivity contribution in [1.29, 1.82) is 0 Å². The highest BCUT2D eigenvalue weighted by atomic mass is 32.2. The molecule has 0 fully saturated rings. The largest absolute Gasteiger partial charge is 0.481 e. The maximum absolute atomic E-state index is 12.8. The molecule has 0 bridgehead atoms. The third kappa shape index (κ3) is 6.02. The van der Waals surface area contributed by atoms with Crippen LogP contribution < -0.4 is 20.1 Å². The topological polar surface area (TPSA) is 114 Å². The van der Waals surface area contributed by atoms with Crippen molar-refractivity contribution in [2.45, 2.75) is 0 Å². The predicted molar refractivity (Wildman–Crippen MR) is 117 cm³/mol. The molecule has 8 nitrogen and oxygen atoms in total. The third-order valence-electron chi connectivity index (χ3n) is 4.46. The summed E-state index contributed by atoms with van der Waals surface area (Å²) in [6, 6.07) is 13.6. The Morgan fingerprint density at radius 2 is 1.87 bits per heavy atom. The van der Waals surface area contributed by atoms with E-state index >= 15 is 0 Å². The summed E-state index contributed by atoms with van der Waals surface area (Å²) >= 11 is 1.38. The van der Waals surface area contributed by atoms with Crippen molar-refractivity contribution in [2.24, 2.45) is 5.92 Å². The van der Waals surface area contributed by atoms with Gasteiger partial charge in [-0.2, -0.15) is 11.8 Å². The van der Waals surface area contributed by atoms with Crippen molar-refractivity contribution in [3.8, 4) is 11.5 Å². The number of carboxylic acids is 1. The lowest BCUT2D eigenvalue weighted by atomic mass is 10.1. The van der Waals surface area contributed by atoms with Crippen LogP contribution in [0.15, 0.2) is 54.2 Å². The van der Waals surface area contributed by atoms with Gasteiger partial charge in [0.1, 0.15) is 5.70 Å². The Balaban J connectivity index is 1.82. The highest BCUT2D eigenvalue weighted by molar-refractivity contribution is 7.98. The van der Waals surface area contributed by atoms with Crippen LogP contribution in [0.25, 0.3) is 6.08 Å². The molecule has 1 unspecified atom stereocenters. The van der Waals surface area contributed by atoms with E-state index < -0.39 is 23.7 Å². The minimum absolute atomic E-state index is 0.0130. The summed E-state index contributed by atoms with van der Waals surface area (Å²) < 4.78 is 10.6. The molecule has 0 spiro atoms. The van der Waals surface area contributed by atoms with Crippen molar-refractivity contribution in [3.05, 3.63) is 65.4 Å². The van der Waals surface area contributed by atoms with Gasteiger partial charge >= 0.3 is 5.97 Å². The molecule has 0 aromatic heterocycles. The number of benzene rings is 2. The van der Waals surface area contributed by atoms with E-state index in [2.05, 4.69) is 10.6 Å². The Labute approximate surface area is 183 Å². The van der Waals surface area contributed by atoms with E-state index in [0.717, 1.165) is 0 Å². The van der Waals surface area contributed by atoms with Crippen LogP contribution >= 0.6 is 11.8 Å². The minimum Gasteiger partial charge on any atom is -0.481 e. The first-order valence-electron chi connectivity index (χ1n) is 9.45. The summed E-state index contributed by atoms with van der Waals surface area (Å²) in [7, 11) is 0. The predicted octanol–water partition coefficient (Wildman–Crippen LogP) is 2.37. The van der Waals surface area contributed by atoms with Crippen LogP contribution in [0.2, 0.25) is 0 Å². The Hall–Kier alpha value is -3.46. The lowest BCUT2D eigenvalue weighted by molar-refractivity contribution is -0.140. The molecule has 1 heterocycles. The van der Waals surface area contributed by atoms with Gasteiger partial charge in [-0.15, -0.1) is 0 Å². The monoisotopic (exact) mass is 442 g/mol. The second kappa shape index (κ2) is 10.5. The van der Waals surface area contributed by atoms with Crippen LogP contribution in [-0.2, 0) is 9.59 Å². The molecular weight excluding hydrogens is 420 g/mol. The zero-order valence-corrected chi connectivity index (χ0v) is 17.6. The van der Waals surface area contributed by atoms with Gasteiger partial charge in [-0.1, -0.05) is 24.3 Å². The van der Waals surface area contributed by atoms with Crippen molar-refractivity contribution < 1.29 is 29.0 Å². The Morgan fingerprint density at radius 1 is 1.13 bits per heavy atom. The molecule has 1 atom stereocenters. The number of carboxylic acid groups (broad SMARTS) is 1. The molecule has 3 rings (SSSR count). The number of carbonyl (C=O) groups excluding carboxylic acids is 2. The van der Waals surface area contributed by atoms with E-state index in [1.807, 2.05) is 0 Å². The smallest absolute Gasteiger partial charge is 0.309 e. The molecule has 0 saturated heterocycles. The molecule has 2 amide bonds. The molecule has 0 radical (unpaired) electrons. The first-order chi connectivity index (χ1) is 15.0. The average molecular weight is 442 g/mol. The first-order valence-corrected chi connectivity index (χ1v) is 10.8. The number of rotatable bonds is 9. The fourth-order valence-electron chi connectivity index (χ4n) is 2.84. The van der Waals surface area contributed by atoms with Gasteiger partial charge in [-0.05, 0) is 42.2 Å². The SMILES string of the molecule is CSCC(CNC(=O)C(=Cc1ccc2c(c1)OCO2)NC(=O)c1ccccc1)C(=O)O. The molecule has 3 N–H and O–H groups in total. The highest BCUT2D eigenvalue weighted by Crippen LogP contribution is 2.33. The van der Waals surface area contributed by atoms with Crippen molar-refractivity contribution in [1.82, 2.24) is 10.6 Å². The van der Waals surface area contributed by atoms with Crippen LogP contribution in [-0.4, -0.2) is 48.2 Å². The lowest BCUT2D eigenvalue weighted by Gasteiger charge is -2.14. The fourth-order valence-corrected chi connectivity index (χ4v) is 3.50. The second-order valence-corrected chi connectivity index (χ2v) is 7.60. The van der Waals surface area contributed by atoms with E-state index in [4.69, 9.17) is 9.47 Å². The Bertz CT molecular complexity index is 993. The molecule has 0 aliphatic carbocycles. The molecule has 1 aliphatic heterocycles. The highest BCUT2D eigenvalue weighted by Gasteiger charge is 2.21. The number of thioether (sulfide) groups is 1. The summed E-state index contributed by atoms with van der Waals surface area (Å²) in [5.41, 5.74) is 0.986. The summed E-state index contributed by atoms with van der Waals surface area (Å²) in [5, 5.41) is 14.5. The van der Waals surface area contributed by atoms with Gasteiger partial charge in [0, 0.05) is 17.9 Å². The van der Waals surface area contributed by atoms with E-state index in [0.29, 0.717) is 28.4 Å². The summed E-state index contributed by atoms with van der Waals surface area (Å²) in [5.74, 6) is -1.30. The van der Waals surface area contributed by atoms with Crippen molar-refractivity contribution >= 4 is 35.6 Å². The van der Waals surface area contributed by atoms with Gasteiger partial charge in [0.05, 0.1) is 5.92 Å². The zero-order valence-electron chi connectivity index (χ0n) is 16.8. The van der Waals surface area contributed by atoms with E-state index in [9.17, 15) is 19.5 Å². The van der Waals surface area contributed by atoms with Crippen LogP contribution in [0.3, 0.4) is 0 Å². The number of hydrogen-bond donors (Lipinski definition) is 3. The summed E-state index contributed by atoms with van der Waals surface area (Å²) in [4.78, 5) is 36.8. The van der Waals surface area contributed by atoms with Gasteiger partial charge in [-0.25, -0.2) is 0 Å². The molecule has 2 aromatic carbocycles. The zero-order chi connectivity index (χ0) is 22.2. The fraction of sp³-hybridized carbons (Fsp3) is 0.227. The first kappa shape index (κ1) is 22.2. The number of carbonyl (C=O) groups is 3. The van der Waals surface area contributed by atoms with Crippen molar-refractivity contribution in [2.75, 3.05) is 25.3 Å². The van der Waals surface area contributed by atoms with E-state index in [1.54, 1.807) is 54.8 Å². The molecule has 9 heteroatoms. The van der Waals surface area contributed by atoms with Crippen LogP contribution in [0.1, 0.15) is 15.9 Å². The summed E-state index contributed by atoms with van der Waals surface area (Å²) in [6.45, 7) is 0.0568. The molecular formula is C22H22N2O6S. The van der Waals surface area contributed by atoms with Crippen LogP contribution in [0.5, 0.6) is 11.5 Å². The lowest BCUT2D eigenvalue weighted by Crippen LogP contribution is -2.39. The number of ether oxygens (including phenoxy) is 2. The van der Waals surface area contributed by atoms with Gasteiger partial charge in [0.2, 0.25) is 6.79 Å². The molecule has 1 aliphatic rings. The maximum atomic E-state index is 12.8. The number of fused-ring (bicyclic) bond motifs is 1. The van der Waals surface area contributed by atoms with E-state index in [-0.39, 0.29) is 19.0 Å². The maximum Gasteiger partial charge on any atom is 0.309 e. The van der Waals surface area contributed by atoms with Crippen LogP contribution in [0, 0.1) is 5.92 Å². The van der Waals surface area contributed by atoms with Gasteiger partial charge in [0.25, 0.3) is 11.8 Å². The minimum atomic E-state index is -0.996. The molecule has 0 saturated carbocycles. The number of nitrogens with one attached hydrogen (secondary N) is 2. The standard InChI is InChI=1S/C22H22N2O6S/c1-31-12-16(22(27)28)11-23-21(26)17(24-20(25)15-5-3-2-4-6-15)9-14-7-8-18-19(10-14)30-13-29-18/h2-10,16H,11-13H2,1H3,(H,23,26)(H,24,25)(H,27,28). The number of hydrogen-bond acceptors (Lipinski definition) is 6. The number of aliphatic carboxylic acids is 1. The second-order valence-electron chi connectivity index (χ2n) is 6.69. The Kier molecular flexibility index (Phi) is 7.55. The molecule has 31 heavy (non-hydrogen) atoms. The molecule has 162 valence electrons. The van der Waals surface area contributed by atoms with E-state index in [1.165, 1.54) is 17.8 Å². The third-order valence-corrected chi connectivity index (χ3v) is 5.20. The van der Waals surface area contributed by atoms with Crippen molar-refractivity contribution in [3.63, 3.8) is 0 Å². The van der Waals surface area contributed by atoms with Gasteiger partial charge < -0.3 is 25.2 Å².